The van der Waals surface area contributed by atoms with Gasteiger partial charge in [-0.3, -0.25) is 9.67 Å². The van der Waals surface area contributed by atoms with Crippen molar-refractivity contribution >= 4 is 6.09 Å². The molecule has 0 atom stereocenters. The van der Waals surface area contributed by atoms with E-state index in [-0.39, 0.29) is 6.09 Å². The van der Waals surface area contributed by atoms with E-state index in [0.717, 1.165) is 24.0 Å². The molecule has 0 aliphatic carbocycles. The first-order chi connectivity index (χ1) is 13.2. The van der Waals surface area contributed by atoms with Crippen LogP contribution in [0.25, 0.3) is 11.1 Å². The number of hydrogen-bond donors (Lipinski definition) is 0. The molecule has 3 aromatic rings. The Bertz CT molecular complexity index is 915. The Hall–Kier alpha value is -3.15. The number of carbonyl (C=O) groups is 1. The van der Waals surface area contributed by atoms with Crippen molar-refractivity contribution in [2.45, 2.75) is 25.8 Å². The average molecular weight is 362 g/mol. The number of benzene rings is 1. The van der Waals surface area contributed by atoms with E-state index in [1.807, 2.05) is 36.0 Å². The average Bonchev–Trinajstić information content (AvgIpc) is 3.21. The van der Waals surface area contributed by atoms with Gasteiger partial charge in [-0.25, -0.2) is 4.79 Å². The molecule has 0 spiro atoms. The van der Waals surface area contributed by atoms with Crippen LogP contribution in [0.5, 0.6) is 5.75 Å². The SMILES string of the molecule is Cc1ncccc1OC(=O)N1CCC(n2cc(-c3ccccc3)cn2)CC1. The second-order valence-electron chi connectivity index (χ2n) is 6.75. The van der Waals surface area contributed by atoms with Crippen molar-refractivity contribution in [3.63, 3.8) is 0 Å². The maximum Gasteiger partial charge on any atom is 0.415 e. The zero-order chi connectivity index (χ0) is 18.6. The van der Waals surface area contributed by atoms with Crippen LogP contribution >= 0.6 is 0 Å². The summed E-state index contributed by atoms with van der Waals surface area (Å²) >= 11 is 0. The molecule has 3 heterocycles. The Balaban J connectivity index is 1.36. The van der Waals surface area contributed by atoms with Crippen molar-refractivity contribution in [1.29, 1.82) is 0 Å². The Labute approximate surface area is 158 Å². The van der Waals surface area contributed by atoms with Crippen molar-refractivity contribution in [3.05, 3.63) is 66.7 Å². The quantitative estimate of drug-likeness (QED) is 0.704. The number of pyridine rings is 1. The maximum absolute atomic E-state index is 12.4. The molecule has 1 aliphatic heterocycles. The highest BCUT2D eigenvalue weighted by atomic mass is 16.6. The Kier molecular flexibility index (Phi) is 4.87. The first-order valence-electron chi connectivity index (χ1n) is 9.18. The van der Waals surface area contributed by atoms with Gasteiger partial charge in [0.25, 0.3) is 0 Å². The van der Waals surface area contributed by atoms with Crippen molar-refractivity contribution in [2.24, 2.45) is 0 Å². The molecular formula is C21H22N4O2. The highest BCUT2D eigenvalue weighted by molar-refractivity contribution is 5.71. The predicted molar refractivity (Wildman–Crippen MR) is 103 cm³/mol. The van der Waals surface area contributed by atoms with Crippen molar-refractivity contribution in [3.8, 4) is 16.9 Å². The van der Waals surface area contributed by atoms with Gasteiger partial charge < -0.3 is 9.64 Å². The molecule has 0 saturated carbocycles. The lowest BCUT2D eigenvalue weighted by Crippen LogP contribution is -2.40. The molecular weight excluding hydrogens is 340 g/mol. The van der Waals surface area contributed by atoms with E-state index < -0.39 is 0 Å². The molecule has 4 rings (SSSR count). The smallest absolute Gasteiger partial charge is 0.408 e. The summed E-state index contributed by atoms with van der Waals surface area (Å²) in [6, 6.07) is 14.1. The van der Waals surface area contributed by atoms with Crippen LogP contribution < -0.4 is 4.74 Å². The van der Waals surface area contributed by atoms with Crippen LogP contribution in [-0.2, 0) is 0 Å². The molecule has 0 N–H and O–H groups in total. The zero-order valence-corrected chi connectivity index (χ0v) is 15.3. The fourth-order valence-electron chi connectivity index (χ4n) is 3.37. The summed E-state index contributed by atoms with van der Waals surface area (Å²) in [4.78, 5) is 18.3. The molecule has 6 heteroatoms. The van der Waals surface area contributed by atoms with E-state index >= 15 is 0 Å². The van der Waals surface area contributed by atoms with E-state index in [0.29, 0.717) is 30.6 Å². The molecule has 0 radical (unpaired) electrons. The molecule has 1 amide bonds. The monoisotopic (exact) mass is 362 g/mol. The number of rotatable bonds is 3. The maximum atomic E-state index is 12.4. The van der Waals surface area contributed by atoms with Crippen LogP contribution in [0.15, 0.2) is 61.1 Å². The second-order valence-corrected chi connectivity index (χ2v) is 6.75. The number of carbonyl (C=O) groups excluding carboxylic acids is 1. The third-order valence-electron chi connectivity index (χ3n) is 4.96. The molecule has 1 aliphatic rings. The van der Waals surface area contributed by atoms with Gasteiger partial charge in [0.15, 0.2) is 5.75 Å². The first-order valence-corrected chi connectivity index (χ1v) is 9.18. The summed E-state index contributed by atoms with van der Waals surface area (Å²) in [5.41, 5.74) is 2.99. The molecule has 1 aromatic carbocycles. The lowest BCUT2D eigenvalue weighted by Gasteiger charge is -2.31. The molecule has 1 fully saturated rings. The van der Waals surface area contributed by atoms with Gasteiger partial charge >= 0.3 is 6.09 Å². The van der Waals surface area contributed by atoms with Gasteiger partial charge in [0.05, 0.1) is 17.9 Å². The van der Waals surface area contributed by atoms with E-state index in [2.05, 4.69) is 28.4 Å². The van der Waals surface area contributed by atoms with Gasteiger partial charge in [0.1, 0.15) is 0 Å². The topological polar surface area (TPSA) is 60.2 Å². The largest absolute Gasteiger partial charge is 0.415 e. The predicted octanol–water partition coefficient (Wildman–Crippen LogP) is 4.09. The standard InChI is InChI=1S/C21H22N4O2/c1-16-20(8-5-11-22-16)27-21(26)24-12-9-19(10-13-24)25-15-18(14-23-25)17-6-3-2-4-7-17/h2-8,11,14-15,19H,9-10,12-13H2,1H3. The van der Waals surface area contributed by atoms with Crippen LogP contribution in [0.4, 0.5) is 4.79 Å². The second kappa shape index (κ2) is 7.61. The molecule has 27 heavy (non-hydrogen) atoms. The number of ether oxygens (including phenoxy) is 1. The fraction of sp³-hybridized carbons (Fsp3) is 0.286. The van der Waals surface area contributed by atoms with Gasteiger partial charge in [0, 0.05) is 31.0 Å². The number of amides is 1. The lowest BCUT2D eigenvalue weighted by molar-refractivity contribution is 0.129. The van der Waals surface area contributed by atoms with Crippen LogP contribution in [0, 0.1) is 6.92 Å². The number of piperidine rings is 1. The minimum Gasteiger partial charge on any atom is -0.408 e. The summed E-state index contributed by atoms with van der Waals surface area (Å²) in [5, 5.41) is 4.54. The number of nitrogens with zero attached hydrogens (tertiary/aromatic N) is 4. The Morgan fingerprint density at radius 3 is 2.59 bits per heavy atom. The van der Waals surface area contributed by atoms with Crippen LogP contribution in [0.1, 0.15) is 24.6 Å². The first kappa shape index (κ1) is 17.3. The van der Waals surface area contributed by atoms with Crippen LogP contribution in [0.2, 0.25) is 0 Å². The highest BCUT2D eigenvalue weighted by Gasteiger charge is 2.26. The summed E-state index contributed by atoms with van der Waals surface area (Å²) in [6.07, 6.45) is 7.09. The van der Waals surface area contributed by atoms with Crippen molar-refractivity contribution in [1.82, 2.24) is 19.7 Å². The molecule has 2 aromatic heterocycles. The van der Waals surface area contributed by atoms with E-state index in [9.17, 15) is 4.79 Å². The van der Waals surface area contributed by atoms with Gasteiger partial charge in [-0.1, -0.05) is 30.3 Å². The third kappa shape index (κ3) is 3.84. The zero-order valence-electron chi connectivity index (χ0n) is 15.3. The van der Waals surface area contributed by atoms with Crippen molar-refractivity contribution in [2.75, 3.05) is 13.1 Å². The van der Waals surface area contributed by atoms with E-state index in [1.165, 1.54) is 0 Å². The third-order valence-corrected chi connectivity index (χ3v) is 4.96. The Morgan fingerprint density at radius 2 is 1.85 bits per heavy atom. The van der Waals surface area contributed by atoms with Gasteiger partial charge in [-0.2, -0.15) is 5.10 Å². The number of likely N-dealkylation sites (tertiary alicyclic amines) is 1. The summed E-state index contributed by atoms with van der Waals surface area (Å²) in [7, 11) is 0. The molecule has 0 unspecified atom stereocenters. The van der Waals surface area contributed by atoms with Crippen LogP contribution in [0.3, 0.4) is 0 Å². The van der Waals surface area contributed by atoms with E-state index in [1.54, 1.807) is 23.2 Å². The van der Waals surface area contributed by atoms with Gasteiger partial charge in [-0.05, 0) is 37.5 Å². The molecule has 1 saturated heterocycles. The summed E-state index contributed by atoms with van der Waals surface area (Å²) in [6.45, 7) is 3.14. The van der Waals surface area contributed by atoms with Crippen LogP contribution in [-0.4, -0.2) is 38.8 Å². The molecule has 138 valence electrons. The highest BCUT2D eigenvalue weighted by Crippen LogP contribution is 2.26. The van der Waals surface area contributed by atoms with Gasteiger partial charge in [-0.15, -0.1) is 0 Å². The van der Waals surface area contributed by atoms with Crippen molar-refractivity contribution < 1.29 is 9.53 Å². The number of hydrogen-bond acceptors (Lipinski definition) is 4. The minimum absolute atomic E-state index is 0.298. The molecule has 0 bridgehead atoms. The molecule has 6 nitrogen and oxygen atoms in total. The summed E-state index contributed by atoms with van der Waals surface area (Å²) in [5.74, 6) is 0.518. The lowest BCUT2D eigenvalue weighted by atomic mass is 10.1. The number of aromatic nitrogens is 3. The van der Waals surface area contributed by atoms with Gasteiger partial charge in [0.2, 0.25) is 0 Å². The summed E-state index contributed by atoms with van der Waals surface area (Å²) < 4.78 is 7.51. The van der Waals surface area contributed by atoms with E-state index in [4.69, 9.17) is 4.74 Å². The Morgan fingerprint density at radius 1 is 1.07 bits per heavy atom. The normalized spacial score (nSPS) is 14.9. The minimum atomic E-state index is -0.310. The number of aryl methyl sites for hydroxylation is 1. The fourth-order valence-corrected chi connectivity index (χ4v) is 3.37.